The van der Waals surface area contributed by atoms with Crippen molar-refractivity contribution in [3.63, 3.8) is 0 Å². The third kappa shape index (κ3) is 7.46. The van der Waals surface area contributed by atoms with Crippen LogP contribution in [0.1, 0.15) is 31.4 Å². The van der Waals surface area contributed by atoms with Gasteiger partial charge < -0.3 is 27.2 Å². The number of amides is 3. The number of β-lactam (4-membered cyclic amide) rings is 1. The number of carboxylic acid groups (broad SMARTS) is 1. The number of carboxylic acids is 1. The van der Waals surface area contributed by atoms with Gasteiger partial charge in [-0.2, -0.15) is 16.1 Å². The molecule has 1 fully saturated rings. The van der Waals surface area contributed by atoms with E-state index in [2.05, 4.69) is 30.2 Å². The van der Waals surface area contributed by atoms with E-state index in [0.717, 1.165) is 27.0 Å². The number of nitroso groups, excluding NO2 is 1. The summed E-state index contributed by atoms with van der Waals surface area (Å²) in [5.74, 6) is -1.73. The molecule has 19 heteroatoms. The second-order valence-electron chi connectivity index (χ2n) is 9.64. The maximum atomic E-state index is 13.1. The van der Waals surface area contributed by atoms with Crippen molar-refractivity contribution in [3.8, 4) is 0 Å². The normalized spacial score (nSPS) is 19.3. The number of anilines is 1. The summed E-state index contributed by atoms with van der Waals surface area (Å²) in [4.78, 5) is 72.1. The Bertz CT molecular complexity index is 1440. The van der Waals surface area contributed by atoms with E-state index < -0.39 is 41.3 Å². The number of aliphatic carboxylic acids is 1. The molecular formula is C24H29N9O6S4. The predicted molar refractivity (Wildman–Crippen MR) is 165 cm³/mol. The molecule has 0 radical (unpaired) electrons. The average molecular weight is 668 g/mol. The average Bonchev–Trinajstić information content (AvgIpc) is 3.41. The van der Waals surface area contributed by atoms with Crippen LogP contribution in [0.25, 0.3) is 0 Å². The van der Waals surface area contributed by atoms with Crippen molar-refractivity contribution in [2.24, 2.45) is 16.8 Å². The Morgan fingerprint density at radius 2 is 2.07 bits per heavy atom. The maximum absolute atomic E-state index is 13.1. The number of carbonyl (C=O) groups excluding carboxylic acids is 3. The molecule has 0 spiro atoms. The van der Waals surface area contributed by atoms with Crippen molar-refractivity contribution in [2.45, 2.75) is 48.0 Å². The fourth-order valence-electron chi connectivity index (χ4n) is 4.07. The molecule has 1 saturated heterocycles. The lowest BCUT2D eigenvalue weighted by molar-refractivity contribution is -0.150. The number of nitrogen functional groups attached to an aromatic ring is 1. The Morgan fingerprint density at radius 3 is 2.72 bits per heavy atom. The van der Waals surface area contributed by atoms with E-state index in [0.29, 0.717) is 23.0 Å². The van der Waals surface area contributed by atoms with Crippen LogP contribution in [0.15, 0.2) is 39.0 Å². The van der Waals surface area contributed by atoms with Gasteiger partial charge in [-0.3, -0.25) is 24.3 Å². The number of nitrogens with one attached hydrogen (secondary N) is 2. The first kappa shape index (κ1) is 32.6. The molecule has 2 aromatic heterocycles. The Labute approximate surface area is 262 Å². The first-order valence-corrected chi connectivity index (χ1v) is 16.7. The third-order valence-corrected chi connectivity index (χ3v) is 10.5. The molecule has 4 rings (SSSR count). The number of rotatable bonds is 14. The molecule has 2 aliphatic rings. The van der Waals surface area contributed by atoms with Crippen LogP contribution in [-0.4, -0.2) is 83.5 Å². The van der Waals surface area contributed by atoms with Crippen molar-refractivity contribution in [3.05, 3.63) is 45.4 Å². The molecule has 4 atom stereocenters. The predicted octanol–water partition coefficient (Wildman–Crippen LogP) is 1.14. The number of hydrogen-bond donors (Lipinski definition) is 5. The van der Waals surface area contributed by atoms with Crippen LogP contribution in [0.2, 0.25) is 0 Å². The number of hydrogen-bond acceptors (Lipinski definition) is 15. The van der Waals surface area contributed by atoms with E-state index in [1.54, 1.807) is 24.0 Å². The number of aromatic nitrogens is 3. The lowest BCUT2D eigenvalue weighted by atomic mass is 10.0. The third-order valence-electron chi connectivity index (χ3n) is 6.38. The van der Waals surface area contributed by atoms with Gasteiger partial charge in [-0.05, 0) is 23.2 Å². The first-order valence-electron chi connectivity index (χ1n) is 12.9. The van der Waals surface area contributed by atoms with Gasteiger partial charge in [0.15, 0.2) is 11.0 Å². The number of thioether (sulfide) groups is 3. The van der Waals surface area contributed by atoms with Gasteiger partial charge in [0, 0.05) is 51.3 Å². The summed E-state index contributed by atoms with van der Waals surface area (Å²) in [5, 5.41) is 17.5. The highest BCUT2D eigenvalue weighted by Gasteiger charge is 2.55. The molecule has 2 aliphatic heterocycles. The lowest BCUT2D eigenvalue weighted by Gasteiger charge is -2.49. The Morgan fingerprint density at radius 1 is 1.30 bits per heavy atom. The fourth-order valence-corrected chi connectivity index (χ4v) is 8.00. The van der Waals surface area contributed by atoms with Gasteiger partial charge in [0.05, 0.1) is 11.7 Å². The Kier molecular flexibility index (Phi) is 11.0. The second kappa shape index (κ2) is 14.5. The molecule has 2 aromatic rings. The molecule has 43 heavy (non-hydrogen) atoms. The molecule has 15 nitrogen and oxygen atoms in total. The molecular weight excluding hydrogens is 639 g/mol. The smallest absolute Gasteiger partial charge is 0.353 e. The van der Waals surface area contributed by atoms with Gasteiger partial charge in [0.1, 0.15) is 17.1 Å². The minimum absolute atomic E-state index is 0.0362. The van der Waals surface area contributed by atoms with E-state index in [1.165, 1.54) is 23.5 Å². The molecule has 230 valence electrons. The number of carbonyl (C=O) groups is 4. The van der Waals surface area contributed by atoms with E-state index in [1.807, 2.05) is 19.9 Å². The summed E-state index contributed by atoms with van der Waals surface area (Å²) >= 11 is 4.86. The zero-order chi connectivity index (χ0) is 31.3. The molecule has 0 aromatic carbocycles. The van der Waals surface area contributed by atoms with Gasteiger partial charge in [0.2, 0.25) is 11.9 Å². The van der Waals surface area contributed by atoms with E-state index in [-0.39, 0.29) is 34.2 Å². The zero-order valence-electron chi connectivity index (χ0n) is 23.0. The van der Waals surface area contributed by atoms with E-state index >= 15 is 0 Å². The van der Waals surface area contributed by atoms with Crippen LogP contribution in [-0.2, 0) is 24.9 Å². The molecule has 7 N–H and O–H groups in total. The molecule has 0 saturated carbocycles. The van der Waals surface area contributed by atoms with Crippen LogP contribution >= 0.6 is 46.8 Å². The van der Waals surface area contributed by atoms with Crippen molar-refractivity contribution < 1.29 is 24.3 Å². The maximum Gasteiger partial charge on any atom is 0.353 e. The van der Waals surface area contributed by atoms with Gasteiger partial charge >= 0.3 is 5.97 Å². The summed E-state index contributed by atoms with van der Waals surface area (Å²) in [6.45, 7) is 4.20. The van der Waals surface area contributed by atoms with E-state index in [4.69, 9.17) is 11.5 Å². The lowest BCUT2D eigenvalue weighted by Crippen LogP contribution is -2.70. The molecule has 0 bridgehead atoms. The molecule has 3 amide bonds. The highest BCUT2D eigenvalue weighted by atomic mass is 32.2. The monoisotopic (exact) mass is 667 g/mol. The van der Waals surface area contributed by atoms with Crippen LogP contribution in [0.5, 0.6) is 0 Å². The van der Waals surface area contributed by atoms with Crippen molar-refractivity contribution in [1.29, 1.82) is 0 Å². The summed E-state index contributed by atoms with van der Waals surface area (Å²) in [6.07, 6.45) is 1.64. The molecule has 0 aliphatic carbocycles. The van der Waals surface area contributed by atoms with Crippen molar-refractivity contribution in [2.75, 3.05) is 23.8 Å². The largest absolute Gasteiger partial charge is 0.477 e. The van der Waals surface area contributed by atoms with Gasteiger partial charge in [0.25, 0.3) is 11.8 Å². The second-order valence-corrected chi connectivity index (χ2v) is 13.8. The van der Waals surface area contributed by atoms with Crippen LogP contribution in [0.3, 0.4) is 0 Å². The van der Waals surface area contributed by atoms with Gasteiger partial charge in [-0.25, -0.2) is 9.78 Å². The number of nitrogens with two attached hydrogens (primary N) is 2. The number of fused-ring (bicyclic) bond motifs is 1. The van der Waals surface area contributed by atoms with Crippen LogP contribution in [0, 0.1) is 10.8 Å². The zero-order valence-corrected chi connectivity index (χ0v) is 26.2. The summed E-state index contributed by atoms with van der Waals surface area (Å²) in [6, 6.07) is 0.351. The highest BCUT2D eigenvalue weighted by Crippen LogP contribution is 2.45. The van der Waals surface area contributed by atoms with Crippen LogP contribution in [0.4, 0.5) is 5.13 Å². The van der Waals surface area contributed by atoms with Crippen LogP contribution < -0.4 is 22.1 Å². The SMILES string of the molecule is CC(C)[C@H](N)C(=O)NCCSCc1ncccc1SC1=C(C(=O)O)N2C(=O)C(NC(=O)C(N=O)c3nsc(N)n3)C2SC1. The highest BCUT2D eigenvalue weighted by molar-refractivity contribution is 8.06. The summed E-state index contributed by atoms with van der Waals surface area (Å²) in [5.41, 5.74) is 11.9. The first-order chi connectivity index (χ1) is 20.5. The minimum Gasteiger partial charge on any atom is -0.477 e. The summed E-state index contributed by atoms with van der Waals surface area (Å²) in [7, 11) is 0. The number of nitrogens with zero attached hydrogens (tertiary/aromatic N) is 5. The quantitative estimate of drug-likeness (QED) is 0.108. The van der Waals surface area contributed by atoms with Gasteiger partial charge in [-0.1, -0.05) is 25.6 Å². The molecule has 3 unspecified atom stereocenters. The van der Waals surface area contributed by atoms with Gasteiger partial charge in [-0.15, -0.1) is 16.7 Å². The summed E-state index contributed by atoms with van der Waals surface area (Å²) < 4.78 is 3.83. The minimum atomic E-state index is -1.60. The topological polar surface area (TPSA) is 236 Å². The fraction of sp³-hybridized carbons (Fsp3) is 0.458. The van der Waals surface area contributed by atoms with E-state index in [9.17, 15) is 29.2 Å². The number of pyridine rings is 1. The molecule has 4 heterocycles. The van der Waals surface area contributed by atoms with Crippen molar-refractivity contribution in [1.82, 2.24) is 29.9 Å². The Balaban J connectivity index is 1.40. The van der Waals surface area contributed by atoms with Crippen molar-refractivity contribution >= 4 is 75.6 Å². The standard InChI is InChI=1S/C24H29N9O6S4/c1-10(2)14(25)19(34)28-6-7-40-8-11-12(4-3-5-27-11)42-13-9-41-22-16(21(36)33(22)17(13)23(37)38)29-20(35)15(31-39)18-30-24(26)43-32-18/h3-5,10,14-16,22H,6-9,25H2,1-2H3,(H,28,34)(H,29,35)(H,37,38)(H2,26,30,32)/t14-,15?,16?,22?/m0/s1. The Hall–Kier alpha value is -3.26.